The molecule has 0 saturated carbocycles. The Morgan fingerprint density at radius 2 is 2.17 bits per heavy atom. The maximum absolute atomic E-state index is 12.0. The van der Waals surface area contributed by atoms with Crippen LogP contribution in [0.25, 0.3) is 16.1 Å². The molecule has 0 spiro atoms. The molecule has 23 heavy (non-hydrogen) atoms. The number of carbonyl (C=O) groups is 2. The zero-order chi connectivity index (χ0) is 16.1. The Labute approximate surface area is 133 Å². The molecule has 1 aromatic carbocycles. The van der Waals surface area contributed by atoms with Crippen molar-refractivity contribution >= 4 is 39.9 Å². The smallest absolute Gasteiger partial charge is 0.449 e. The Morgan fingerprint density at radius 1 is 1.39 bits per heavy atom. The van der Waals surface area contributed by atoms with Crippen LogP contribution in [0.1, 0.15) is 0 Å². The van der Waals surface area contributed by atoms with E-state index in [-0.39, 0.29) is 18.4 Å². The lowest BCUT2D eigenvalue weighted by atomic mass is 10.00. The first-order chi connectivity index (χ1) is 11.1. The second kappa shape index (κ2) is 4.96. The van der Waals surface area contributed by atoms with Gasteiger partial charge in [-0.15, -0.1) is 5.10 Å². The summed E-state index contributed by atoms with van der Waals surface area (Å²) in [7, 11) is 0. The van der Waals surface area contributed by atoms with Crippen molar-refractivity contribution in [3.8, 4) is 0 Å². The van der Waals surface area contributed by atoms with Gasteiger partial charge in [0.1, 0.15) is 10.9 Å². The zero-order valence-electron chi connectivity index (χ0n) is 11.5. The normalized spacial score (nSPS) is 23.2. The number of hydrogen-bond acceptors (Lipinski definition) is 7. The van der Waals surface area contributed by atoms with E-state index in [2.05, 4.69) is 10.3 Å². The molecule has 9 nitrogen and oxygen atoms in total. The van der Waals surface area contributed by atoms with Crippen LogP contribution in [0.15, 0.2) is 30.1 Å². The molecule has 1 amide bonds. The number of para-hydroxylation sites is 1. The van der Waals surface area contributed by atoms with E-state index in [1.54, 1.807) is 18.2 Å². The van der Waals surface area contributed by atoms with Crippen molar-refractivity contribution in [3.63, 3.8) is 0 Å². The third-order valence-electron chi connectivity index (χ3n) is 3.71. The fourth-order valence-corrected chi connectivity index (χ4v) is 4.02. The lowest BCUT2D eigenvalue weighted by Gasteiger charge is -2.40. The minimum atomic E-state index is -1.52. The van der Waals surface area contributed by atoms with Crippen molar-refractivity contribution in [1.82, 2.24) is 19.9 Å². The van der Waals surface area contributed by atoms with Crippen molar-refractivity contribution in [2.45, 2.75) is 5.37 Å². The van der Waals surface area contributed by atoms with Crippen LogP contribution < -0.4 is 0 Å². The summed E-state index contributed by atoms with van der Waals surface area (Å²) < 4.78 is 6.25. The highest BCUT2D eigenvalue weighted by Gasteiger charge is 2.56. The Hall–Kier alpha value is -2.59. The van der Waals surface area contributed by atoms with E-state index in [0.29, 0.717) is 16.1 Å². The summed E-state index contributed by atoms with van der Waals surface area (Å²) in [6.45, 7) is -0.307. The molecule has 1 saturated heterocycles. The average Bonchev–Trinajstić information content (AvgIpc) is 3.06. The second-order valence-corrected chi connectivity index (χ2v) is 6.08. The van der Waals surface area contributed by atoms with Crippen LogP contribution in [0.2, 0.25) is 0 Å². The molecule has 2 N–H and O–H groups in total. The Bertz CT molecular complexity index is 863. The summed E-state index contributed by atoms with van der Waals surface area (Å²) in [5, 5.41) is 26.2. The number of fused-ring (bicyclic) bond motifs is 2. The number of aromatic nitrogens is 3. The number of ether oxygens (including phenoxy) is 1. The van der Waals surface area contributed by atoms with Crippen LogP contribution in [0, 0.1) is 5.92 Å². The van der Waals surface area contributed by atoms with Gasteiger partial charge in [-0.1, -0.05) is 29.1 Å². The topological polar surface area (TPSA) is 118 Å². The van der Waals surface area contributed by atoms with E-state index in [9.17, 15) is 14.7 Å². The lowest BCUT2D eigenvalue weighted by molar-refractivity contribution is -0.151. The molecule has 2 atom stereocenters. The van der Waals surface area contributed by atoms with E-state index in [1.165, 1.54) is 21.3 Å². The van der Waals surface area contributed by atoms with Crippen LogP contribution in [0.3, 0.4) is 0 Å². The molecule has 0 aliphatic carbocycles. The van der Waals surface area contributed by atoms with Crippen molar-refractivity contribution < 1.29 is 24.5 Å². The Morgan fingerprint density at radius 3 is 2.91 bits per heavy atom. The highest BCUT2D eigenvalue weighted by atomic mass is 32.2. The molecule has 10 heteroatoms. The van der Waals surface area contributed by atoms with Crippen LogP contribution in [-0.4, -0.2) is 54.2 Å². The molecule has 1 aromatic heterocycles. The van der Waals surface area contributed by atoms with Crippen molar-refractivity contribution in [3.05, 3.63) is 30.1 Å². The first-order valence-electron chi connectivity index (χ1n) is 6.68. The molecule has 2 aliphatic heterocycles. The monoisotopic (exact) mass is 334 g/mol. The number of aliphatic hydroxyl groups excluding tert-OH is 1. The molecule has 3 heterocycles. The largest absolute Gasteiger partial charge is 0.512 e. The van der Waals surface area contributed by atoms with Crippen LogP contribution in [-0.2, 0) is 9.53 Å². The number of aliphatic hydroxyl groups is 1. The van der Waals surface area contributed by atoms with E-state index in [4.69, 9.17) is 9.84 Å². The van der Waals surface area contributed by atoms with Gasteiger partial charge in [-0.3, -0.25) is 9.69 Å². The first kappa shape index (κ1) is 14.0. The van der Waals surface area contributed by atoms with Gasteiger partial charge in [0.15, 0.2) is 5.03 Å². The van der Waals surface area contributed by atoms with E-state index < -0.39 is 17.4 Å². The zero-order valence-corrected chi connectivity index (χ0v) is 12.3. The van der Waals surface area contributed by atoms with Gasteiger partial charge in [0, 0.05) is 0 Å². The number of carboxylic acid groups (broad SMARTS) is 1. The number of thioether (sulfide) groups is 1. The first-order valence-corrected chi connectivity index (χ1v) is 7.56. The van der Waals surface area contributed by atoms with Crippen LogP contribution >= 0.6 is 11.8 Å². The van der Waals surface area contributed by atoms with Crippen molar-refractivity contribution in [1.29, 1.82) is 0 Å². The minimum absolute atomic E-state index is 0.0992. The van der Waals surface area contributed by atoms with Gasteiger partial charge >= 0.3 is 6.16 Å². The summed E-state index contributed by atoms with van der Waals surface area (Å²) in [6, 6.07) is 7.16. The van der Waals surface area contributed by atoms with Gasteiger partial charge in [0.2, 0.25) is 11.8 Å². The number of nitrogens with zero attached hydrogens (tertiary/aromatic N) is 4. The van der Waals surface area contributed by atoms with E-state index in [0.717, 1.165) is 0 Å². The van der Waals surface area contributed by atoms with Gasteiger partial charge in [-0.2, -0.15) is 0 Å². The number of rotatable bonds is 3. The molecule has 0 radical (unpaired) electrons. The Balaban J connectivity index is 1.83. The molecule has 2 aromatic rings. The van der Waals surface area contributed by atoms with Crippen LogP contribution in [0.4, 0.5) is 4.79 Å². The predicted octanol–water partition coefficient (Wildman–Crippen LogP) is 0.733. The number of carbonyl (C=O) groups excluding carboxylic acids is 1. The molecular formula is C13H10N4O5S. The fraction of sp³-hybridized carbons (Fsp3) is 0.231. The average molecular weight is 334 g/mol. The number of benzene rings is 1. The van der Waals surface area contributed by atoms with Gasteiger partial charge in [0.25, 0.3) is 0 Å². The van der Waals surface area contributed by atoms with E-state index >= 15 is 0 Å². The number of β-lactam (4-membered cyclic amide) rings is 1. The minimum Gasteiger partial charge on any atom is -0.449 e. The van der Waals surface area contributed by atoms with Crippen molar-refractivity contribution in [2.24, 2.45) is 5.92 Å². The van der Waals surface area contributed by atoms with Gasteiger partial charge in [-0.25, -0.2) is 9.48 Å². The molecule has 118 valence electrons. The summed E-state index contributed by atoms with van der Waals surface area (Å²) >= 11 is 1.22. The van der Waals surface area contributed by atoms with Gasteiger partial charge < -0.3 is 14.9 Å². The SMILES string of the molecule is O=C(O)OC1=C(n2nnc3ccccc32)S[C@@H]2[C@@H](CO)C(=O)N12. The third kappa shape index (κ3) is 1.92. The number of hydrogen-bond donors (Lipinski definition) is 2. The maximum Gasteiger partial charge on any atom is 0.512 e. The second-order valence-electron chi connectivity index (χ2n) is 4.97. The third-order valence-corrected chi connectivity index (χ3v) is 5.06. The summed E-state index contributed by atoms with van der Waals surface area (Å²) in [6.07, 6.45) is -1.52. The summed E-state index contributed by atoms with van der Waals surface area (Å²) in [5.41, 5.74) is 1.30. The molecule has 1 fully saturated rings. The van der Waals surface area contributed by atoms with Crippen molar-refractivity contribution in [2.75, 3.05) is 6.61 Å². The lowest BCUT2D eigenvalue weighted by Crippen LogP contribution is -2.58. The summed E-state index contributed by atoms with van der Waals surface area (Å²) in [4.78, 5) is 24.2. The molecule has 2 aliphatic rings. The number of amides is 1. The standard InChI is InChI=1S/C13H10N4O5S/c18-5-6-9(19)16-10(22-13(20)21)12(23-11(6)16)17-8-4-2-1-3-7(8)14-15-17/h1-4,6,11,18H,5H2,(H,20,21)/t6-,11+/m0/s1. The van der Waals surface area contributed by atoms with E-state index in [1.807, 2.05) is 6.07 Å². The fourth-order valence-electron chi connectivity index (χ4n) is 2.65. The molecule has 4 rings (SSSR count). The predicted molar refractivity (Wildman–Crippen MR) is 78.7 cm³/mol. The van der Waals surface area contributed by atoms with Crippen LogP contribution in [0.5, 0.6) is 0 Å². The summed E-state index contributed by atoms with van der Waals surface area (Å²) in [5.74, 6) is -1.06. The van der Waals surface area contributed by atoms with Gasteiger partial charge in [-0.05, 0) is 12.1 Å². The highest BCUT2D eigenvalue weighted by Crippen LogP contribution is 2.51. The quantitative estimate of drug-likeness (QED) is 0.623. The van der Waals surface area contributed by atoms with Gasteiger partial charge in [0.05, 0.1) is 18.0 Å². The molecule has 0 bridgehead atoms. The maximum atomic E-state index is 12.0. The molecular weight excluding hydrogens is 324 g/mol. The highest BCUT2D eigenvalue weighted by molar-refractivity contribution is 8.08. The molecule has 0 unspecified atom stereocenters. The Kier molecular flexibility index (Phi) is 3.03.